The first-order valence-corrected chi connectivity index (χ1v) is 9.20. The van der Waals surface area contributed by atoms with E-state index in [4.69, 9.17) is 9.84 Å². The normalized spacial score (nSPS) is 10.6. The molecule has 0 saturated heterocycles. The fourth-order valence-corrected chi connectivity index (χ4v) is 2.95. The molecule has 2 N–H and O–H groups in total. The highest BCUT2D eigenvalue weighted by molar-refractivity contribution is 9.10. The third-order valence-electron chi connectivity index (χ3n) is 3.81. The molecule has 0 aliphatic rings. The summed E-state index contributed by atoms with van der Waals surface area (Å²) in [5, 5.41) is 12.3. The summed E-state index contributed by atoms with van der Waals surface area (Å²) in [5.41, 5.74) is 3.71. The highest BCUT2D eigenvalue weighted by atomic mass is 79.9. The molecule has 1 aromatic heterocycles. The first-order chi connectivity index (χ1) is 12.7. The summed E-state index contributed by atoms with van der Waals surface area (Å²) in [6.07, 6.45) is 2.19. The van der Waals surface area contributed by atoms with Crippen molar-refractivity contribution < 1.29 is 9.84 Å². The van der Waals surface area contributed by atoms with Gasteiger partial charge in [0.25, 0.3) is 0 Å². The van der Waals surface area contributed by atoms with Crippen LogP contribution in [0.2, 0.25) is 0 Å². The average Bonchev–Trinajstić information content (AvgIpc) is 2.65. The number of benzene rings is 2. The smallest absolute Gasteiger partial charge is 0.134 e. The molecule has 0 radical (unpaired) electrons. The van der Waals surface area contributed by atoms with Gasteiger partial charge in [-0.3, -0.25) is 0 Å². The van der Waals surface area contributed by atoms with Gasteiger partial charge in [-0.25, -0.2) is 9.97 Å². The van der Waals surface area contributed by atoms with Gasteiger partial charge in [0.2, 0.25) is 0 Å². The number of ether oxygens (including phenoxy) is 1. The zero-order valence-electron chi connectivity index (χ0n) is 14.4. The second kappa shape index (κ2) is 8.78. The fraction of sp³-hybridized carbons (Fsp3) is 0.200. The van der Waals surface area contributed by atoms with Crippen LogP contribution < -0.4 is 10.1 Å². The van der Waals surface area contributed by atoms with Crippen LogP contribution >= 0.6 is 15.9 Å². The number of anilines is 2. The SMILES string of the molecule is CCOc1ccc(Br)cc1-c1cc(Nc2ccc(CCO)cc2)ncn1. The lowest BCUT2D eigenvalue weighted by Gasteiger charge is -2.12. The first kappa shape index (κ1) is 18.4. The van der Waals surface area contributed by atoms with Crippen LogP contribution in [0.5, 0.6) is 5.75 Å². The van der Waals surface area contributed by atoms with E-state index in [9.17, 15) is 0 Å². The molecule has 2 aromatic carbocycles. The Morgan fingerprint density at radius 1 is 1.08 bits per heavy atom. The fourth-order valence-electron chi connectivity index (χ4n) is 2.59. The lowest BCUT2D eigenvalue weighted by atomic mass is 10.1. The van der Waals surface area contributed by atoms with Gasteiger partial charge >= 0.3 is 0 Å². The van der Waals surface area contributed by atoms with Crippen molar-refractivity contribution in [3.8, 4) is 17.0 Å². The van der Waals surface area contributed by atoms with Crippen molar-refractivity contribution in [3.63, 3.8) is 0 Å². The van der Waals surface area contributed by atoms with Crippen LogP contribution in [0.25, 0.3) is 11.3 Å². The Morgan fingerprint density at radius 3 is 2.62 bits per heavy atom. The number of aliphatic hydroxyl groups is 1. The lowest BCUT2D eigenvalue weighted by molar-refractivity contribution is 0.299. The molecule has 5 nitrogen and oxygen atoms in total. The molecule has 0 atom stereocenters. The third-order valence-corrected chi connectivity index (χ3v) is 4.30. The zero-order valence-corrected chi connectivity index (χ0v) is 16.0. The lowest BCUT2D eigenvalue weighted by Crippen LogP contribution is -1.98. The molecule has 0 amide bonds. The molecule has 0 fully saturated rings. The minimum Gasteiger partial charge on any atom is -0.493 e. The van der Waals surface area contributed by atoms with E-state index >= 15 is 0 Å². The van der Waals surface area contributed by atoms with Crippen LogP contribution in [0, 0.1) is 0 Å². The minimum atomic E-state index is 0.150. The number of hydrogen-bond acceptors (Lipinski definition) is 5. The zero-order chi connectivity index (χ0) is 18.4. The van der Waals surface area contributed by atoms with Gasteiger partial charge in [-0.2, -0.15) is 0 Å². The van der Waals surface area contributed by atoms with Crippen LogP contribution in [-0.2, 0) is 6.42 Å². The summed E-state index contributed by atoms with van der Waals surface area (Å²) in [6, 6.07) is 15.7. The van der Waals surface area contributed by atoms with E-state index < -0.39 is 0 Å². The average molecular weight is 414 g/mol. The van der Waals surface area contributed by atoms with Gasteiger partial charge < -0.3 is 15.2 Å². The Labute approximate surface area is 161 Å². The molecule has 3 rings (SSSR count). The Balaban J connectivity index is 1.85. The van der Waals surface area contributed by atoms with Gasteiger partial charge in [-0.15, -0.1) is 0 Å². The molecule has 1 heterocycles. The van der Waals surface area contributed by atoms with E-state index in [1.165, 1.54) is 6.33 Å². The summed E-state index contributed by atoms with van der Waals surface area (Å²) in [5.74, 6) is 1.49. The second-order valence-corrected chi connectivity index (χ2v) is 6.57. The Hall–Kier alpha value is -2.44. The van der Waals surface area contributed by atoms with E-state index in [2.05, 4.69) is 31.2 Å². The standard InChI is InChI=1S/C20H20BrN3O2/c1-2-26-19-8-5-15(21)11-17(19)18-12-20(23-13-22-18)24-16-6-3-14(4-7-16)9-10-25/h3-8,11-13,25H,2,9-10H2,1H3,(H,22,23,24). The van der Waals surface area contributed by atoms with E-state index in [0.29, 0.717) is 18.8 Å². The Bertz CT molecular complexity index is 869. The molecular weight excluding hydrogens is 394 g/mol. The van der Waals surface area contributed by atoms with Crippen LogP contribution in [0.4, 0.5) is 11.5 Å². The topological polar surface area (TPSA) is 67.3 Å². The Morgan fingerprint density at radius 2 is 1.88 bits per heavy atom. The van der Waals surface area contributed by atoms with Crippen molar-refractivity contribution in [2.75, 3.05) is 18.5 Å². The third kappa shape index (κ3) is 4.59. The van der Waals surface area contributed by atoms with Gasteiger partial charge in [0.1, 0.15) is 17.9 Å². The maximum absolute atomic E-state index is 9.00. The van der Waals surface area contributed by atoms with Crippen molar-refractivity contribution in [2.45, 2.75) is 13.3 Å². The largest absolute Gasteiger partial charge is 0.493 e. The highest BCUT2D eigenvalue weighted by Crippen LogP contribution is 2.32. The number of aliphatic hydroxyl groups excluding tert-OH is 1. The van der Waals surface area contributed by atoms with Crippen molar-refractivity contribution in [1.82, 2.24) is 9.97 Å². The van der Waals surface area contributed by atoms with Crippen LogP contribution in [0.3, 0.4) is 0 Å². The number of rotatable bonds is 7. The quantitative estimate of drug-likeness (QED) is 0.592. The summed E-state index contributed by atoms with van der Waals surface area (Å²) >= 11 is 3.50. The summed E-state index contributed by atoms with van der Waals surface area (Å²) in [7, 11) is 0. The molecule has 0 bridgehead atoms. The number of hydrogen-bond donors (Lipinski definition) is 2. The summed E-state index contributed by atoms with van der Waals surface area (Å²) in [4.78, 5) is 8.70. The minimum absolute atomic E-state index is 0.150. The highest BCUT2D eigenvalue weighted by Gasteiger charge is 2.10. The first-order valence-electron chi connectivity index (χ1n) is 8.41. The number of aromatic nitrogens is 2. The molecule has 0 spiro atoms. The van der Waals surface area contributed by atoms with E-state index in [1.807, 2.05) is 55.5 Å². The van der Waals surface area contributed by atoms with Crippen LogP contribution in [-0.4, -0.2) is 28.3 Å². The molecule has 0 aliphatic heterocycles. The van der Waals surface area contributed by atoms with E-state index in [-0.39, 0.29) is 6.61 Å². The molecule has 0 unspecified atom stereocenters. The number of nitrogens with zero attached hydrogens (tertiary/aromatic N) is 2. The maximum atomic E-state index is 9.00. The van der Waals surface area contributed by atoms with Crippen molar-refractivity contribution in [1.29, 1.82) is 0 Å². The van der Waals surface area contributed by atoms with Crippen molar-refractivity contribution in [3.05, 3.63) is 64.9 Å². The van der Waals surface area contributed by atoms with Gasteiger partial charge in [-0.1, -0.05) is 28.1 Å². The summed E-state index contributed by atoms with van der Waals surface area (Å²) < 4.78 is 6.68. The number of nitrogens with one attached hydrogen (secondary N) is 1. The monoisotopic (exact) mass is 413 g/mol. The molecule has 6 heteroatoms. The van der Waals surface area contributed by atoms with E-state index in [0.717, 1.165) is 32.7 Å². The van der Waals surface area contributed by atoms with Gasteiger partial charge in [0.15, 0.2) is 0 Å². The molecule has 134 valence electrons. The molecule has 0 aliphatic carbocycles. The van der Waals surface area contributed by atoms with Gasteiger partial charge in [0.05, 0.1) is 12.3 Å². The molecule has 0 saturated carbocycles. The van der Waals surface area contributed by atoms with Crippen LogP contribution in [0.15, 0.2) is 59.3 Å². The molecule has 26 heavy (non-hydrogen) atoms. The molecule has 3 aromatic rings. The summed E-state index contributed by atoms with van der Waals surface area (Å²) in [6.45, 7) is 2.70. The molecular formula is C20H20BrN3O2. The number of halogens is 1. The Kier molecular flexibility index (Phi) is 6.20. The van der Waals surface area contributed by atoms with E-state index in [1.54, 1.807) is 0 Å². The second-order valence-electron chi connectivity index (χ2n) is 5.66. The maximum Gasteiger partial charge on any atom is 0.134 e. The van der Waals surface area contributed by atoms with Crippen molar-refractivity contribution >= 4 is 27.4 Å². The van der Waals surface area contributed by atoms with Crippen LogP contribution in [0.1, 0.15) is 12.5 Å². The van der Waals surface area contributed by atoms with Crippen molar-refractivity contribution in [2.24, 2.45) is 0 Å². The predicted molar refractivity (Wildman–Crippen MR) is 107 cm³/mol. The predicted octanol–water partition coefficient (Wildman–Crippen LogP) is 4.58. The van der Waals surface area contributed by atoms with Gasteiger partial charge in [0, 0.05) is 28.4 Å². The van der Waals surface area contributed by atoms with Gasteiger partial charge in [-0.05, 0) is 49.2 Å².